The van der Waals surface area contributed by atoms with E-state index in [1.807, 2.05) is 50.4 Å². The molecule has 1 N–H and O–H groups in total. The summed E-state index contributed by atoms with van der Waals surface area (Å²) in [6.07, 6.45) is 5.25. The van der Waals surface area contributed by atoms with E-state index in [0.29, 0.717) is 0 Å². The molecular formula is C26H24N4O3. The van der Waals surface area contributed by atoms with E-state index in [4.69, 9.17) is 0 Å². The van der Waals surface area contributed by atoms with Gasteiger partial charge in [-0.3, -0.25) is 19.2 Å². The van der Waals surface area contributed by atoms with Crippen LogP contribution in [0.25, 0.3) is 27.7 Å². The van der Waals surface area contributed by atoms with Crippen molar-refractivity contribution in [2.24, 2.45) is 7.05 Å². The molecule has 2 aliphatic rings. The zero-order valence-corrected chi connectivity index (χ0v) is 18.5. The van der Waals surface area contributed by atoms with Crippen LogP contribution in [0.15, 0.2) is 59.7 Å². The molecule has 6 rings (SSSR count). The molecule has 2 atom stereocenters. The van der Waals surface area contributed by atoms with Crippen LogP contribution in [-0.2, 0) is 13.5 Å². The average Bonchev–Trinajstić information content (AvgIpc) is 3.27. The summed E-state index contributed by atoms with van der Waals surface area (Å²) in [5.41, 5.74) is 6.73. The van der Waals surface area contributed by atoms with Crippen molar-refractivity contribution in [2.45, 2.75) is 38.3 Å². The van der Waals surface area contributed by atoms with E-state index in [9.17, 15) is 14.7 Å². The lowest BCUT2D eigenvalue weighted by atomic mass is 9.97. The topological polar surface area (TPSA) is 80.4 Å². The Morgan fingerprint density at radius 2 is 1.94 bits per heavy atom. The smallest absolute Gasteiger partial charge is 0.408 e. The summed E-state index contributed by atoms with van der Waals surface area (Å²) in [5.74, 6) is 0. The summed E-state index contributed by atoms with van der Waals surface area (Å²) < 4.78 is 3.82. The van der Waals surface area contributed by atoms with E-state index < -0.39 is 6.09 Å². The maximum atomic E-state index is 13.0. The largest absolute Gasteiger partial charge is 0.465 e. The minimum absolute atomic E-state index is 0.0499. The quantitative estimate of drug-likeness (QED) is 0.500. The lowest BCUT2D eigenvalue weighted by molar-refractivity contribution is 0.116. The molecule has 0 spiro atoms. The molecule has 0 aliphatic carbocycles. The second kappa shape index (κ2) is 7.07. The summed E-state index contributed by atoms with van der Waals surface area (Å²) in [6.45, 7) is 1.93. The molecule has 1 amide bonds. The highest BCUT2D eigenvalue weighted by Gasteiger charge is 2.45. The van der Waals surface area contributed by atoms with Crippen molar-refractivity contribution in [3.05, 3.63) is 82.2 Å². The van der Waals surface area contributed by atoms with E-state index in [1.165, 1.54) is 5.69 Å². The van der Waals surface area contributed by atoms with Gasteiger partial charge in [-0.05, 0) is 49.6 Å². The van der Waals surface area contributed by atoms with Crippen molar-refractivity contribution in [1.29, 1.82) is 0 Å². The molecule has 5 heterocycles. The number of pyridine rings is 2. The highest BCUT2D eigenvalue weighted by molar-refractivity contribution is 5.89. The predicted octanol–water partition coefficient (Wildman–Crippen LogP) is 4.44. The molecule has 2 aliphatic heterocycles. The van der Waals surface area contributed by atoms with Gasteiger partial charge in [0.1, 0.15) is 0 Å². The number of nitrogens with zero attached hydrogens (tertiary/aromatic N) is 4. The van der Waals surface area contributed by atoms with Gasteiger partial charge in [-0.2, -0.15) is 0 Å². The molecule has 1 saturated heterocycles. The van der Waals surface area contributed by atoms with E-state index in [1.54, 1.807) is 27.9 Å². The highest BCUT2D eigenvalue weighted by Crippen LogP contribution is 2.47. The first-order valence-corrected chi connectivity index (χ1v) is 11.2. The molecule has 33 heavy (non-hydrogen) atoms. The van der Waals surface area contributed by atoms with Crippen molar-refractivity contribution >= 4 is 17.0 Å². The number of hydrogen-bond acceptors (Lipinski definition) is 3. The number of hydrogen-bond donors (Lipinski definition) is 1. The van der Waals surface area contributed by atoms with Crippen LogP contribution in [0.2, 0.25) is 0 Å². The summed E-state index contributed by atoms with van der Waals surface area (Å²) in [6, 6.07) is 13.4. The number of benzene rings is 1. The van der Waals surface area contributed by atoms with Crippen LogP contribution in [0.3, 0.4) is 0 Å². The normalized spacial score (nSPS) is 19.2. The third kappa shape index (κ3) is 2.92. The van der Waals surface area contributed by atoms with Gasteiger partial charge in [-0.25, -0.2) is 4.79 Å². The third-order valence-electron chi connectivity index (χ3n) is 7.28. The Labute approximate surface area is 190 Å². The zero-order valence-electron chi connectivity index (χ0n) is 18.5. The lowest BCUT2D eigenvalue weighted by Crippen LogP contribution is -2.41. The van der Waals surface area contributed by atoms with Crippen LogP contribution in [0.5, 0.6) is 0 Å². The zero-order chi connectivity index (χ0) is 22.9. The number of rotatable bonds is 2. The fourth-order valence-corrected chi connectivity index (χ4v) is 5.67. The molecule has 3 aromatic heterocycles. The van der Waals surface area contributed by atoms with Gasteiger partial charge in [0.2, 0.25) is 0 Å². The fourth-order valence-electron chi connectivity index (χ4n) is 5.67. The Morgan fingerprint density at radius 1 is 1.09 bits per heavy atom. The monoisotopic (exact) mass is 440 g/mol. The van der Waals surface area contributed by atoms with Crippen molar-refractivity contribution in [3.8, 4) is 16.8 Å². The van der Waals surface area contributed by atoms with Gasteiger partial charge in [-0.1, -0.05) is 12.1 Å². The van der Waals surface area contributed by atoms with Crippen molar-refractivity contribution < 1.29 is 9.90 Å². The molecule has 7 nitrogen and oxygen atoms in total. The van der Waals surface area contributed by atoms with Crippen LogP contribution in [0, 0.1) is 6.92 Å². The summed E-state index contributed by atoms with van der Waals surface area (Å²) in [7, 11) is 2.04. The predicted molar refractivity (Wildman–Crippen MR) is 126 cm³/mol. The number of aromatic nitrogens is 3. The number of aryl methyl sites for hydroxylation is 2. The van der Waals surface area contributed by atoms with Crippen LogP contribution >= 0.6 is 0 Å². The maximum absolute atomic E-state index is 13.0. The molecule has 1 aromatic carbocycles. The second-order valence-electron chi connectivity index (χ2n) is 9.07. The Hall–Kier alpha value is -3.87. The molecule has 2 bridgehead atoms. The molecule has 1 fully saturated rings. The minimum atomic E-state index is -0.836. The molecule has 0 saturated carbocycles. The average molecular weight is 441 g/mol. The van der Waals surface area contributed by atoms with Gasteiger partial charge in [-0.15, -0.1) is 0 Å². The first-order chi connectivity index (χ1) is 15.9. The van der Waals surface area contributed by atoms with Gasteiger partial charge in [0, 0.05) is 65.9 Å². The van der Waals surface area contributed by atoms with Gasteiger partial charge in [0.15, 0.2) is 0 Å². The van der Waals surface area contributed by atoms with Crippen molar-refractivity contribution in [1.82, 2.24) is 19.0 Å². The van der Waals surface area contributed by atoms with E-state index in [-0.39, 0.29) is 17.6 Å². The Morgan fingerprint density at radius 3 is 2.67 bits per heavy atom. The third-order valence-corrected chi connectivity index (χ3v) is 7.28. The fraction of sp³-hybridized carbons (Fsp3) is 0.269. The van der Waals surface area contributed by atoms with Crippen molar-refractivity contribution in [2.75, 3.05) is 0 Å². The first kappa shape index (κ1) is 19.8. The second-order valence-corrected chi connectivity index (χ2v) is 9.07. The van der Waals surface area contributed by atoms with Crippen LogP contribution in [0.4, 0.5) is 4.79 Å². The number of fused-ring (bicyclic) bond motifs is 6. The minimum Gasteiger partial charge on any atom is -0.465 e. The summed E-state index contributed by atoms with van der Waals surface area (Å²) in [4.78, 5) is 30.8. The van der Waals surface area contributed by atoms with E-state index in [0.717, 1.165) is 58.2 Å². The Balaban J connectivity index is 1.43. The molecule has 166 valence electrons. The molecular weight excluding hydrogens is 416 g/mol. The van der Waals surface area contributed by atoms with Crippen LogP contribution < -0.4 is 5.56 Å². The van der Waals surface area contributed by atoms with Gasteiger partial charge in [0.05, 0.1) is 17.2 Å². The highest BCUT2D eigenvalue weighted by atomic mass is 16.4. The molecule has 7 heteroatoms. The molecule has 2 unspecified atom stereocenters. The first-order valence-electron chi connectivity index (χ1n) is 11.2. The SMILES string of the molecule is Cc1ccc(-c2ccn(-c3ccc4c5c(n(C)c4c3)CC3CCC5N3C(=O)O)c(=O)c2)cn1. The lowest BCUT2D eigenvalue weighted by Gasteiger charge is -2.33. The molecule has 0 radical (unpaired) electrons. The van der Waals surface area contributed by atoms with Gasteiger partial charge in [0.25, 0.3) is 5.56 Å². The number of carbonyl (C=O) groups is 1. The Bertz CT molecular complexity index is 1480. The maximum Gasteiger partial charge on any atom is 0.408 e. The Kier molecular flexibility index (Phi) is 4.24. The van der Waals surface area contributed by atoms with Crippen LogP contribution in [0.1, 0.15) is 35.8 Å². The summed E-state index contributed by atoms with van der Waals surface area (Å²) in [5, 5.41) is 10.8. The summed E-state index contributed by atoms with van der Waals surface area (Å²) >= 11 is 0. The van der Waals surface area contributed by atoms with Gasteiger partial charge >= 0.3 is 6.09 Å². The molecule has 4 aromatic rings. The standard InChI is InChI=1S/C26H24N4O3/c1-15-3-4-17(14-27-15)16-9-10-29(24(31)11-16)18-5-7-20-22(12-18)28(2)23-13-19-6-8-21(25(20)23)30(19)26(32)33/h3-5,7,9-12,14,19,21H,6,8,13H2,1-2H3,(H,32,33). The van der Waals surface area contributed by atoms with Crippen molar-refractivity contribution in [3.63, 3.8) is 0 Å². The number of amides is 1. The van der Waals surface area contributed by atoms with Crippen LogP contribution in [-0.4, -0.2) is 36.3 Å². The van der Waals surface area contributed by atoms with E-state index >= 15 is 0 Å². The van der Waals surface area contributed by atoms with E-state index in [2.05, 4.69) is 9.55 Å². The number of carboxylic acid groups (broad SMARTS) is 1. The van der Waals surface area contributed by atoms with Gasteiger partial charge < -0.3 is 9.67 Å².